The zero-order chi connectivity index (χ0) is 21.7. The molecule has 0 bridgehead atoms. The van der Waals surface area contributed by atoms with E-state index in [2.05, 4.69) is 42.6 Å². The highest BCUT2D eigenvalue weighted by Gasteiger charge is 2.58. The number of hydrazone groups is 1. The molecule has 6 heteroatoms. The van der Waals surface area contributed by atoms with Crippen molar-refractivity contribution in [2.24, 2.45) is 5.10 Å². The number of nitrogens with zero attached hydrogens (tertiary/aromatic N) is 2. The molecule has 3 heterocycles. The summed E-state index contributed by atoms with van der Waals surface area (Å²) < 4.78 is 6.57. The van der Waals surface area contributed by atoms with Crippen LogP contribution >= 0.6 is 11.8 Å². The van der Waals surface area contributed by atoms with Crippen molar-refractivity contribution < 1.29 is 9.53 Å². The fourth-order valence-corrected chi connectivity index (χ4v) is 5.46. The first-order valence-corrected chi connectivity index (χ1v) is 11.4. The average Bonchev–Trinajstić information content (AvgIpc) is 3.39. The first-order chi connectivity index (χ1) is 15.6. The lowest BCUT2D eigenvalue weighted by Gasteiger charge is -2.45. The van der Waals surface area contributed by atoms with E-state index >= 15 is 0 Å². The average molecular weight is 440 g/mol. The second-order valence-electron chi connectivity index (χ2n) is 8.14. The molecular weight excluding hydrogens is 418 g/mol. The maximum atomic E-state index is 12.7. The summed E-state index contributed by atoms with van der Waals surface area (Å²) in [5.74, 6) is -0.392. The number of carbonyl (C=O) groups is 1. The van der Waals surface area contributed by atoms with Gasteiger partial charge in [0.1, 0.15) is 5.75 Å². The summed E-state index contributed by atoms with van der Waals surface area (Å²) in [6, 6.07) is 26.3. The zero-order valence-corrected chi connectivity index (χ0v) is 18.3. The molecule has 32 heavy (non-hydrogen) atoms. The molecule has 158 valence electrons. The number of benzene rings is 3. The number of thioether (sulfide) groups is 1. The third-order valence-corrected chi connectivity index (χ3v) is 7.06. The molecule has 1 saturated heterocycles. The van der Waals surface area contributed by atoms with Crippen LogP contribution in [0.15, 0.2) is 88.9 Å². The summed E-state index contributed by atoms with van der Waals surface area (Å²) in [6.45, 7) is 2.06. The van der Waals surface area contributed by atoms with E-state index in [1.165, 1.54) is 11.8 Å². The minimum atomic E-state index is -1.17. The van der Waals surface area contributed by atoms with E-state index < -0.39 is 5.85 Å². The van der Waals surface area contributed by atoms with Crippen molar-refractivity contribution in [1.82, 2.24) is 10.3 Å². The minimum absolute atomic E-state index is 0.0329. The van der Waals surface area contributed by atoms with Crippen LogP contribution in [0, 0.1) is 6.92 Å². The molecular formula is C26H21N3O2S. The number of rotatable bonds is 2. The third kappa shape index (κ3) is 2.94. The fourth-order valence-electron chi connectivity index (χ4n) is 4.56. The number of aryl methyl sites for hydroxylation is 1. The first kappa shape index (κ1) is 19.2. The minimum Gasteiger partial charge on any atom is -0.444 e. The van der Waals surface area contributed by atoms with Crippen LogP contribution in [-0.2, 0) is 0 Å². The van der Waals surface area contributed by atoms with Crippen LogP contribution in [0.25, 0.3) is 6.08 Å². The Morgan fingerprint density at radius 3 is 2.66 bits per heavy atom. The monoisotopic (exact) mass is 439 g/mol. The number of nitrogens with one attached hydrogen (secondary N) is 1. The molecule has 0 aromatic heterocycles. The number of hydrogen-bond acceptors (Lipinski definition) is 5. The molecule has 1 N–H and O–H groups in total. The van der Waals surface area contributed by atoms with Crippen LogP contribution in [0.2, 0.25) is 0 Å². The molecule has 1 amide bonds. The van der Waals surface area contributed by atoms with Crippen molar-refractivity contribution in [2.45, 2.75) is 25.2 Å². The SMILES string of the molecule is Cc1ccccc1C=C1SC(=O)NC12Oc1ccccc1C1CC(c3ccccc3)=NN12. The van der Waals surface area contributed by atoms with Gasteiger partial charge in [0.2, 0.25) is 0 Å². The van der Waals surface area contributed by atoms with E-state index in [-0.39, 0.29) is 11.3 Å². The van der Waals surface area contributed by atoms with Gasteiger partial charge in [0, 0.05) is 12.0 Å². The number of ether oxygens (including phenoxy) is 1. The lowest BCUT2D eigenvalue weighted by atomic mass is 9.95. The number of carbonyl (C=O) groups excluding carboxylic acids is 1. The molecule has 5 nitrogen and oxygen atoms in total. The molecule has 3 aromatic carbocycles. The Hall–Kier alpha value is -3.51. The molecule has 0 saturated carbocycles. The molecule has 3 aliphatic heterocycles. The molecule has 2 unspecified atom stereocenters. The van der Waals surface area contributed by atoms with E-state index in [1.807, 2.05) is 59.6 Å². The molecule has 1 fully saturated rings. The van der Waals surface area contributed by atoms with Crippen molar-refractivity contribution in [3.63, 3.8) is 0 Å². The van der Waals surface area contributed by atoms with Gasteiger partial charge < -0.3 is 4.74 Å². The Morgan fingerprint density at radius 1 is 1.06 bits per heavy atom. The molecule has 3 aliphatic rings. The lowest BCUT2D eigenvalue weighted by molar-refractivity contribution is -0.0949. The highest BCUT2D eigenvalue weighted by Crippen LogP contribution is 2.52. The first-order valence-electron chi connectivity index (χ1n) is 10.6. The van der Waals surface area contributed by atoms with Gasteiger partial charge in [-0.05, 0) is 47.5 Å². The maximum absolute atomic E-state index is 12.7. The third-order valence-electron chi connectivity index (χ3n) is 6.16. The van der Waals surface area contributed by atoms with Crippen molar-refractivity contribution in [3.8, 4) is 5.75 Å². The van der Waals surface area contributed by atoms with Gasteiger partial charge in [0.05, 0.1) is 16.7 Å². The summed E-state index contributed by atoms with van der Waals surface area (Å²) in [7, 11) is 0. The lowest BCUT2D eigenvalue weighted by Crippen LogP contribution is -2.61. The van der Waals surface area contributed by atoms with E-state index in [1.54, 1.807) is 0 Å². The van der Waals surface area contributed by atoms with Crippen molar-refractivity contribution >= 4 is 28.8 Å². The van der Waals surface area contributed by atoms with Crippen LogP contribution < -0.4 is 10.1 Å². The summed E-state index contributed by atoms with van der Waals surface area (Å²) in [6.07, 6.45) is 2.78. The topological polar surface area (TPSA) is 53.9 Å². The normalized spacial score (nSPS) is 24.7. The Bertz CT molecular complexity index is 1290. The summed E-state index contributed by atoms with van der Waals surface area (Å²) in [4.78, 5) is 13.5. The van der Waals surface area contributed by atoms with Crippen molar-refractivity contribution in [3.05, 3.63) is 106 Å². The van der Waals surface area contributed by atoms with Crippen LogP contribution in [0.5, 0.6) is 5.75 Å². The van der Waals surface area contributed by atoms with Crippen LogP contribution in [0.4, 0.5) is 4.79 Å². The highest BCUT2D eigenvalue weighted by molar-refractivity contribution is 8.17. The number of amides is 1. The predicted molar refractivity (Wildman–Crippen MR) is 127 cm³/mol. The van der Waals surface area contributed by atoms with Gasteiger partial charge in [-0.15, -0.1) is 0 Å². The Labute approximate surface area is 190 Å². The van der Waals surface area contributed by atoms with Gasteiger partial charge in [0.25, 0.3) is 5.24 Å². The maximum Gasteiger partial charge on any atom is 0.314 e. The number of hydrogen-bond donors (Lipinski definition) is 1. The van der Waals surface area contributed by atoms with Gasteiger partial charge in [-0.3, -0.25) is 10.1 Å². The molecule has 3 aromatic rings. The van der Waals surface area contributed by atoms with Crippen molar-refractivity contribution in [1.29, 1.82) is 0 Å². The van der Waals surface area contributed by atoms with Crippen LogP contribution in [0.1, 0.15) is 34.7 Å². The van der Waals surface area contributed by atoms with Crippen LogP contribution in [-0.4, -0.2) is 21.8 Å². The molecule has 2 atom stereocenters. The van der Waals surface area contributed by atoms with Crippen molar-refractivity contribution in [2.75, 3.05) is 0 Å². The van der Waals surface area contributed by atoms with E-state index in [0.717, 1.165) is 45.0 Å². The van der Waals surface area contributed by atoms with Gasteiger partial charge in [-0.25, -0.2) is 5.01 Å². The second-order valence-corrected chi connectivity index (χ2v) is 9.16. The van der Waals surface area contributed by atoms with E-state index in [9.17, 15) is 4.79 Å². The van der Waals surface area contributed by atoms with Gasteiger partial charge >= 0.3 is 5.85 Å². The van der Waals surface area contributed by atoms with E-state index in [0.29, 0.717) is 0 Å². The Morgan fingerprint density at radius 2 is 1.81 bits per heavy atom. The molecule has 1 spiro atoms. The standard InChI is InChI=1S/C26H21N3O2S/c1-17-9-5-6-12-19(17)15-24-26(27-25(30)32-24)29-22(20-13-7-8-14-23(20)31-26)16-21(28-29)18-10-3-2-4-11-18/h2-15,22H,16H2,1H3,(H,27,30). The molecule has 0 radical (unpaired) electrons. The smallest absolute Gasteiger partial charge is 0.314 e. The Kier molecular flexibility index (Phi) is 4.36. The summed E-state index contributed by atoms with van der Waals surface area (Å²) >= 11 is 1.17. The van der Waals surface area contributed by atoms with Gasteiger partial charge in [-0.2, -0.15) is 5.10 Å². The van der Waals surface area contributed by atoms with E-state index in [4.69, 9.17) is 9.84 Å². The predicted octanol–water partition coefficient (Wildman–Crippen LogP) is 5.69. The van der Waals surface area contributed by atoms with Gasteiger partial charge in [0.15, 0.2) is 0 Å². The quantitative estimate of drug-likeness (QED) is 0.557. The summed E-state index contributed by atoms with van der Waals surface area (Å²) in [5.41, 5.74) is 5.33. The largest absolute Gasteiger partial charge is 0.444 e. The second kappa shape index (κ2) is 7.28. The zero-order valence-electron chi connectivity index (χ0n) is 17.5. The molecule has 6 rings (SSSR count). The molecule has 0 aliphatic carbocycles. The highest BCUT2D eigenvalue weighted by atomic mass is 32.2. The summed E-state index contributed by atoms with van der Waals surface area (Å²) in [5, 5.41) is 9.91. The van der Waals surface area contributed by atoms with Gasteiger partial charge in [-0.1, -0.05) is 72.8 Å². The number of para-hydroxylation sites is 1. The number of fused-ring (bicyclic) bond motifs is 4. The fraction of sp³-hybridized carbons (Fsp3) is 0.154. The van der Waals surface area contributed by atoms with Crippen LogP contribution in [0.3, 0.4) is 0 Å². The Balaban J connectivity index is 1.53.